The van der Waals surface area contributed by atoms with Gasteiger partial charge >= 0.3 is 0 Å². The van der Waals surface area contributed by atoms with Crippen molar-refractivity contribution in [1.82, 2.24) is 14.2 Å². The third-order valence-corrected chi connectivity index (χ3v) is 10.8. The second kappa shape index (κ2) is 12.2. The molecule has 1 atom stereocenters. The highest BCUT2D eigenvalue weighted by molar-refractivity contribution is 7.89. The minimum absolute atomic E-state index is 0.0388. The summed E-state index contributed by atoms with van der Waals surface area (Å²) in [6, 6.07) is 10.7. The van der Waals surface area contributed by atoms with E-state index in [2.05, 4.69) is 44.7 Å². The number of nitrogens with zero attached hydrogens (tertiary/aromatic N) is 4. The van der Waals surface area contributed by atoms with E-state index < -0.39 is 10.0 Å². The molecule has 1 aliphatic rings. The Balaban J connectivity index is 1.63. The number of aromatic nitrogens is 1. The minimum atomic E-state index is -3.60. The van der Waals surface area contributed by atoms with Crippen molar-refractivity contribution in [3.05, 3.63) is 53.1 Å². The Kier molecular flexibility index (Phi) is 9.23. The smallest absolute Gasteiger partial charge is 0.260 e. The molecule has 0 bridgehead atoms. The molecule has 1 saturated heterocycles. The number of rotatable bonds is 10. The number of carbonyl (C=O) groups is 1. The molecule has 2 aromatic carbocycles. The monoisotopic (exact) mass is 556 g/mol. The second-order valence-corrected chi connectivity index (χ2v) is 13.0. The van der Waals surface area contributed by atoms with Gasteiger partial charge in [0.1, 0.15) is 0 Å². The van der Waals surface area contributed by atoms with Crippen molar-refractivity contribution in [3.8, 4) is 0 Å². The molecule has 206 valence electrons. The maximum Gasteiger partial charge on any atom is 0.260 e. The van der Waals surface area contributed by atoms with Crippen molar-refractivity contribution >= 4 is 42.6 Å². The summed E-state index contributed by atoms with van der Waals surface area (Å²) < 4.78 is 29.5. The predicted molar refractivity (Wildman–Crippen MR) is 157 cm³/mol. The van der Waals surface area contributed by atoms with E-state index in [1.807, 2.05) is 6.92 Å². The number of thiazole rings is 1. The minimum Gasteiger partial charge on any atom is -0.302 e. The Hall–Kier alpha value is -2.33. The van der Waals surface area contributed by atoms with Crippen LogP contribution in [0.3, 0.4) is 0 Å². The lowest BCUT2D eigenvalue weighted by Gasteiger charge is -2.34. The second-order valence-electron chi connectivity index (χ2n) is 10.1. The molecule has 0 saturated carbocycles. The summed E-state index contributed by atoms with van der Waals surface area (Å²) >= 11 is 1.52. The molecule has 1 unspecified atom stereocenters. The zero-order valence-corrected chi connectivity index (χ0v) is 24.9. The van der Waals surface area contributed by atoms with Gasteiger partial charge in [-0.3, -0.25) is 9.69 Å². The SMILES string of the molecule is CCC1CCCCN1S(=O)(=O)c1ccc(C(=O)N(CCN(CC)CC)c2nc3cc(C)c(C)cc3s2)cc1. The molecular weight excluding hydrogens is 516 g/mol. The van der Waals surface area contributed by atoms with Crippen molar-refractivity contribution in [2.75, 3.05) is 37.6 Å². The van der Waals surface area contributed by atoms with Gasteiger partial charge in [-0.05, 0) is 93.7 Å². The maximum atomic E-state index is 13.8. The fraction of sp³-hybridized carbons (Fsp3) is 0.517. The van der Waals surface area contributed by atoms with Crippen LogP contribution in [-0.2, 0) is 10.0 Å². The molecule has 7 nitrogen and oxygen atoms in total. The number of aryl methyl sites for hydroxylation is 2. The van der Waals surface area contributed by atoms with Crippen molar-refractivity contribution in [3.63, 3.8) is 0 Å². The molecule has 0 N–H and O–H groups in total. The van der Waals surface area contributed by atoms with Crippen LogP contribution in [0.4, 0.5) is 5.13 Å². The number of likely N-dealkylation sites (N-methyl/N-ethyl adjacent to an activating group) is 1. The van der Waals surface area contributed by atoms with Gasteiger partial charge in [-0.25, -0.2) is 13.4 Å². The van der Waals surface area contributed by atoms with Crippen molar-refractivity contribution < 1.29 is 13.2 Å². The van der Waals surface area contributed by atoms with Crippen LogP contribution in [0.25, 0.3) is 10.2 Å². The first-order valence-corrected chi connectivity index (χ1v) is 16.0. The first-order valence-electron chi connectivity index (χ1n) is 13.7. The third kappa shape index (κ3) is 5.96. The molecule has 0 aliphatic carbocycles. The summed E-state index contributed by atoms with van der Waals surface area (Å²) in [7, 11) is -3.60. The zero-order valence-electron chi connectivity index (χ0n) is 23.2. The fourth-order valence-electron chi connectivity index (χ4n) is 5.11. The molecule has 38 heavy (non-hydrogen) atoms. The van der Waals surface area contributed by atoms with E-state index >= 15 is 0 Å². The van der Waals surface area contributed by atoms with E-state index in [0.717, 1.165) is 55.5 Å². The molecule has 1 aromatic heterocycles. The molecule has 1 amide bonds. The van der Waals surface area contributed by atoms with Crippen LogP contribution in [0.1, 0.15) is 67.9 Å². The van der Waals surface area contributed by atoms with Crippen molar-refractivity contribution in [2.45, 2.75) is 71.2 Å². The Bertz CT molecular complexity index is 1330. The van der Waals surface area contributed by atoms with Gasteiger partial charge in [-0.1, -0.05) is 38.5 Å². The lowest BCUT2D eigenvalue weighted by Crippen LogP contribution is -2.43. The van der Waals surface area contributed by atoms with Crippen LogP contribution in [-0.4, -0.2) is 67.3 Å². The van der Waals surface area contributed by atoms with Gasteiger partial charge in [-0.15, -0.1) is 0 Å². The summed E-state index contributed by atoms with van der Waals surface area (Å²) in [5.74, 6) is -0.169. The molecule has 3 aromatic rings. The number of sulfonamides is 1. The average Bonchev–Trinajstić information content (AvgIpc) is 3.33. The van der Waals surface area contributed by atoms with Gasteiger partial charge < -0.3 is 4.90 Å². The van der Waals surface area contributed by atoms with Gasteiger partial charge in [0.15, 0.2) is 5.13 Å². The number of hydrogen-bond acceptors (Lipinski definition) is 6. The number of benzene rings is 2. The first kappa shape index (κ1) is 28.7. The quantitative estimate of drug-likeness (QED) is 0.313. The van der Waals surface area contributed by atoms with Crippen LogP contribution >= 0.6 is 11.3 Å². The van der Waals surface area contributed by atoms with Gasteiger partial charge in [0.2, 0.25) is 10.0 Å². The molecule has 4 rings (SSSR count). The molecule has 0 spiro atoms. The number of hydrogen-bond donors (Lipinski definition) is 0. The number of piperidine rings is 1. The van der Waals surface area contributed by atoms with Gasteiger partial charge in [0, 0.05) is 31.2 Å². The lowest BCUT2D eigenvalue weighted by atomic mass is 10.0. The summed E-state index contributed by atoms with van der Waals surface area (Å²) in [5.41, 5.74) is 3.72. The summed E-state index contributed by atoms with van der Waals surface area (Å²) in [4.78, 5) is 22.9. The van der Waals surface area contributed by atoms with Gasteiger partial charge in [0.25, 0.3) is 5.91 Å². The highest BCUT2D eigenvalue weighted by atomic mass is 32.2. The average molecular weight is 557 g/mol. The number of anilines is 1. The third-order valence-electron chi connectivity index (χ3n) is 7.76. The van der Waals surface area contributed by atoms with Crippen LogP contribution in [0.15, 0.2) is 41.3 Å². The molecule has 2 heterocycles. The Morgan fingerprint density at radius 1 is 1.03 bits per heavy atom. The number of carbonyl (C=O) groups excluding carboxylic acids is 1. The number of amides is 1. The maximum absolute atomic E-state index is 13.8. The van der Waals surface area contributed by atoms with Crippen molar-refractivity contribution in [1.29, 1.82) is 0 Å². The van der Waals surface area contributed by atoms with Crippen molar-refractivity contribution in [2.24, 2.45) is 0 Å². The Labute approximate surface area is 231 Å². The predicted octanol–water partition coefficient (Wildman–Crippen LogP) is 5.85. The van der Waals surface area contributed by atoms with E-state index in [4.69, 9.17) is 4.98 Å². The van der Waals surface area contributed by atoms with Crippen LogP contribution in [0, 0.1) is 13.8 Å². The highest BCUT2D eigenvalue weighted by Gasteiger charge is 2.32. The molecule has 1 aliphatic heterocycles. The zero-order chi connectivity index (χ0) is 27.4. The van der Waals surface area contributed by atoms with Gasteiger partial charge in [-0.2, -0.15) is 4.31 Å². The van der Waals surface area contributed by atoms with E-state index in [9.17, 15) is 13.2 Å². The molecule has 1 fully saturated rings. The normalized spacial score (nSPS) is 16.8. The van der Waals surface area contributed by atoms with E-state index in [1.54, 1.807) is 33.5 Å². The van der Waals surface area contributed by atoms with Gasteiger partial charge in [0.05, 0.1) is 15.1 Å². The van der Waals surface area contributed by atoms with Crippen LogP contribution < -0.4 is 4.90 Å². The number of fused-ring (bicyclic) bond motifs is 1. The Morgan fingerprint density at radius 2 is 1.71 bits per heavy atom. The molecular formula is C29H40N4O3S2. The molecule has 0 radical (unpaired) electrons. The molecule has 9 heteroatoms. The Morgan fingerprint density at radius 3 is 2.37 bits per heavy atom. The van der Waals surface area contributed by atoms with Crippen LogP contribution in [0.5, 0.6) is 0 Å². The topological polar surface area (TPSA) is 73.8 Å². The summed E-state index contributed by atoms with van der Waals surface area (Å²) in [5, 5.41) is 0.665. The van der Waals surface area contributed by atoms with E-state index in [1.165, 1.54) is 22.5 Å². The lowest BCUT2D eigenvalue weighted by molar-refractivity contribution is 0.0983. The van der Waals surface area contributed by atoms with E-state index in [0.29, 0.717) is 23.8 Å². The van der Waals surface area contributed by atoms with Crippen LogP contribution in [0.2, 0.25) is 0 Å². The summed E-state index contributed by atoms with van der Waals surface area (Å²) in [6.45, 7) is 14.0. The van der Waals surface area contributed by atoms with E-state index in [-0.39, 0.29) is 16.8 Å². The fourth-order valence-corrected chi connectivity index (χ4v) is 7.94. The standard InChI is InChI=1S/C29H40N4O3S2/c1-6-24-11-9-10-16-33(24)38(35,36)25-14-12-23(13-15-25)28(34)32(18-17-31(7-2)8-3)29-30-26-19-21(4)22(5)20-27(26)37-29/h12-15,19-20,24H,6-11,16-18H2,1-5H3. The highest BCUT2D eigenvalue weighted by Crippen LogP contribution is 2.32. The largest absolute Gasteiger partial charge is 0.302 e. The summed E-state index contributed by atoms with van der Waals surface area (Å²) in [6.07, 6.45) is 3.65. The first-order chi connectivity index (χ1) is 18.2.